The monoisotopic (exact) mass is 516 g/mol. The maximum absolute atomic E-state index is 2.86. The van der Waals surface area contributed by atoms with Crippen LogP contribution in [0.5, 0.6) is 0 Å². The Kier molecular flexibility index (Phi) is 9.04. The first kappa shape index (κ1) is 26.2. The summed E-state index contributed by atoms with van der Waals surface area (Å²) in [6.07, 6.45) is 0. The SMILES string of the molecule is CN(C)Cc1ccccc1[N]([Ge][N](c1ccccc1CN(C)C)[Si](C)(C)C)[Si](C)(C)C. The molecule has 7 heteroatoms. The quantitative estimate of drug-likeness (QED) is 0.397. The van der Waals surface area contributed by atoms with Gasteiger partial charge in [0.2, 0.25) is 0 Å². The molecule has 0 N–H and O–H groups in total. The van der Waals surface area contributed by atoms with Crippen LogP contribution in [0, 0.1) is 0 Å². The first-order valence-corrected chi connectivity index (χ1v) is 19.9. The summed E-state index contributed by atoms with van der Waals surface area (Å²) in [6.45, 7) is 16.9. The van der Waals surface area contributed by atoms with Crippen molar-refractivity contribution in [2.24, 2.45) is 0 Å². The summed E-state index contributed by atoms with van der Waals surface area (Å²) in [5, 5.41) is 0. The molecule has 170 valence electrons. The molecule has 0 saturated heterocycles. The number of nitrogens with zero attached hydrogens (tertiary/aromatic N) is 4. The normalized spacial score (nSPS) is 12.5. The molecule has 0 aliphatic rings. The van der Waals surface area contributed by atoms with Gasteiger partial charge < -0.3 is 0 Å². The van der Waals surface area contributed by atoms with Gasteiger partial charge in [0.05, 0.1) is 0 Å². The molecule has 0 unspecified atom stereocenters. The molecule has 2 rings (SSSR count). The molecular formula is C24H42GeN4Si2. The van der Waals surface area contributed by atoms with E-state index in [4.69, 9.17) is 0 Å². The summed E-state index contributed by atoms with van der Waals surface area (Å²) < 4.78 is 5.72. The van der Waals surface area contributed by atoms with Crippen LogP contribution in [0.1, 0.15) is 11.1 Å². The van der Waals surface area contributed by atoms with Gasteiger partial charge in [0.1, 0.15) is 0 Å². The first-order valence-electron chi connectivity index (χ1n) is 11.1. The predicted octanol–water partition coefficient (Wildman–Crippen LogP) is 5.33. The molecule has 0 bridgehead atoms. The summed E-state index contributed by atoms with van der Waals surface area (Å²) >= 11 is -0.556. The zero-order valence-corrected chi connectivity index (χ0v) is 25.4. The third-order valence-electron chi connectivity index (χ3n) is 4.98. The zero-order valence-electron chi connectivity index (χ0n) is 21.3. The molecule has 2 radical (unpaired) electrons. The van der Waals surface area contributed by atoms with E-state index in [9.17, 15) is 0 Å². The Balaban J connectivity index is 2.57. The van der Waals surface area contributed by atoms with Gasteiger partial charge in [-0.1, -0.05) is 0 Å². The van der Waals surface area contributed by atoms with Gasteiger partial charge in [-0.3, -0.25) is 0 Å². The Morgan fingerprint density at radius 3 is 1.19 bits per heavy atom. The predicted molar refractivity (Wildman–Crippen MR) is 145 cm³/mol. The summed E-state index contributed by atoms with van der Waals surface area (Å²) in [5.74, 6) is 0. The van der Waals surface area contributed by atoms with E-state index in [1.165, 1.54) is 22.5 Å². The van der Waals surface area contributed by atoms with Crippen LogP contribution >= 0.6 is 0 Å². The summed E-state index contributed by atoms with van der Waals surface area (Å²) in [5.41, 5.74) is 5.78. The minimum atomic E-state index is -1.59. The Labute approximate surface area is 200 Å². The van der Waals surface area contributed by atoms with Crippen molar-refractivity contribution < 1.29 is 0 Å². The first-order chi connectivity index (χ1) is 14.3. The van der Waals surface area contributed by atoms with Gasteiger partial charge in [0, 0.05) is 0 Å². The van der Waals surface area contributed by atoms with E-state index in [0.717, 1.165) is 13.1 Å². The van der Waals surface area contributed by atoms with E-state index in [1.807, 2.05) is 0 Å². The average molecular weight is 515 g/mol. The number of anilines is 2. The van der Waals surface area contributed by atoms with Crippen molar-refractivity contribution in [3.63, 3.8) is 0 Å². The van der Waals surface area contributed by atoms with Crippen molar-refractivity contribution >= 4 is 43.7 Å². The number of para-hydroxylation sites is 2. The standard InChI is InChI=1S/C24H42GeN4Si2/c1-26(2)19-21-15-11-13-17-23(21)28(30(5,6)7)25-29(31(8,9)10)24-18-14-12-16-22(24)20-27(3)4/h11-18H,19-20H2,1-10H3. The van der Waals surface area contributed by atoms with E-state index in [-0.39, 0.29) is 0 Å². The molecule has 0 aromatic heterocycles. The number of hydrogen-bond donors (Lipinski definition) is 0. The second-order valence-electron chi connectivity index (χ2n) is 10.8. The van der Waals surface area contributed by atoms with Gasteiger partial charge in [-0.05, 0) is 0 Å². The van der Waals surface area contributed by atoms with Crippen LogP contribution in [0.2, 0.25) is 39.3 Å². The summed E-state index contributed by atoms with van der Waals surface area (Å²) in [4.78, 5) is 4.56. The molecule has 0 heterocycles. The topological polar surface area (TPSA) is 13.0 Å². The molecule has 0 aliphatic heterocycles. The van der Waals surface area contributed by atoms with Gasteiger partial charge in [0.15, 0.2) is 0 Å². The summed E-state index contributed by atoms with van der Waals surface area (Å²) in [7, 11) is 5.47. The molecule has 2 aromatic rings. The van der Waals surface area contributed by atoms with E-state index in [1.54, 1.807) is 0 Å². The van der Waals surface area contributed by atoms with Crippen LogP contribution in [-0.4, -0.2) is 70.3 Å². The maximum atomic E-state index is 2.86. The second-order valence-corrected chi connectivity index (χ2v) is 24.6. The number of hydrogen-bond acceptors (Lipinski definition) is 4. The van der Waals surface area contributed by atoms with Crippen LogP contribution in [0.25, 0.3) is 0 Å². The molecule has 0 amide bonds. The van der Waals surface area contributed by atoms with Gasteiger partial charge in [-0.25, -0.2) is 0 Å². The minimum absolute atomic E-state index is 0.556. The van der Waals surface area contributed by atoms with E-state index < -0.39 is 32.3 Å². The van der Waals surface area contributed by atoms with Crippen LogP contribution in [0.3, 0.4) is 0 Å². The molecule has 0 atom stereocenters. The third kappa shape index (κ3) is 7.49. The van der Waals surface area contributed by atoms with Gasteiger partial charge >= 0.3 is 201 Å². The molecule has 2 aromatic carbocycles. The fraction of sp³-hybridized carbons (Fsp3) is 0.500. The third-order valence-corrected chi connectivity index (χ3v) is 19.5. The average Bonchev–Trinajstić information content (AvgIpc) is 2.61. The Hall–Kier alpha value is -1.06. The van der Waals surface area contributed by atoms with Gasteiger partial charge in [-0.2, -0.15) is 0 Å². The Bertz CT molecular complexity index is 774. The number of rotatable bonds is 10. The van der Waals surface area contributed by atoms with Crippen LogP contribution in [0.15, 0.2) is 48.5 Å². The second kappa shape index (κ2) is 10.7. The molecular weight excluding hydrogens is 473 g/mol. The van der Waals surface area contributed by atoms with Crippen molar-refractivity contribution in [1.29, 1.82) is 0 Å². The van der Waals surface area contributed by atoms with Crippen LogP contribution in [-0.2, 0) is 13.1 Å². The van der Waals surface area contributed by atoms with Crippen molar-refractivity contribution in [1.82, 2.24) is 9.80 Å². The van der Waals surface area contributed by atoms with Gasteiger partial charge in [-0.15, -0.1) is 0 Å². The molecule has 4 nitrogen and oxygen atoms in total. The Morgan fingerprint density at radius 2 is 0.903 bits per heavy atom. The molecule has 31 heavy (non-hydrogen) atoms. The molecule has 0 aliphatic carbocycles. The van der Waals surface area contributed by atoms with Crippen molar-refractivity contribution in [3.8, 4) is 0 Å². The van der Waals surface area contributed by atoms with E-state index in [2.05, 4.69) is 133 Å². The van der Waals surface area contributed by atoms with Crippen molar-refractivity contribution in [2.45, 2.75) is 52.4 Å². The fourth-order valence-electron chi connectivity index (χ4n) is 3.64. The van der Waals surface area contributed by atoms with Gasteiger partial charge in [0.25, 0.3) is 0 Å². The number of benzene rings is 2. The zero-order chi connectivity index (χ0) is 23.4. The van der Waals surface area contributed by atoms with E-state index >= 15 is 0 Å². The molecule has 0 spiro atoms. The van der Waals surface area contributed by atoms with Crippen LogP contribution < -0.4 is 7.05 Å². The van der Waals surface area contributed by atoms with E-state index in [0.29, 0.717) is 0 Å². The summed E-state index contributed by atoms with van der Waals surface area (Å²) in [6, 6.07) is 18.1. The fourth-order valence-corrected chi connectivity index (χ4v) is 13.2. The molecule has 0 saturated carbocycles. The van der Waals surface area contributed by atoms with Crippen LogP contribution in [0.4, 0.5) is 11.4 Å². The van der Waals surface area contributed by atoms with Crippen molar-refractivity contribution in [3.05, 3.63) is 59.7 Å². The molecule has 0 fully saturated rings. The van der Waals surface area contributed by atoms with Crippen molar-refractivity contribution in [2.75, 3.05) is 35.2 Å². The Morgan fingerprint density at radius 1 is 0.581 bits per heavy atom.